The van der Waals surface area contributed by atoms with Gasteiger partial charge in [0.05, 0.1) is 6.54 Å². The standard InChI is InChI=1S/C23H21N3O3/c1-15-7-5-10-18(13-15)22-25-21(29-26-22)14-24-23(27)16(2)28-20-12-6-9-17-8-3-4-11-19(17)20/h3-13,16H,14H2,1-2H3,(H,24,27)/t16-/m0/s1. The topological polar surface area (TPSA) is 77.2 Å². The minimum absolute atomic E-state index is 0.140. The van der Waals surface area contributed by atoms with Gasteiger partial charge in [-0.3, -0.25) is 4.79 Å². The molecule has 0 radical (unpaired) electrons. The molecular weight excluding hydrogens is 366 g/mol. The number of aromatic nitrogens is 2. The van der Waals surface area contributed by atoms with E-state index >= 15 is 0 Å². The molecule has 0 aliphatic heterocycles. The Hall–Kier alpha value is -3.67. The van der Waals surface area contributed by atoms with Crippen LogP contribution in [-0.4, -0.2) is 22.2 Å². The predicted molar refractivity (Wildman–Crippen MR) is 110 cm³/mol. The number of carbonyl (C=O) groups is 1. The van der Waals surface area contributed by atoms with Crippen molar-refractivity contribution in [1.29, 1.82) is 0 Å². The van der Waals surface area contributed by atoms with Crippen molar-refractivity contribution < 1.29 is 14.1 Å². The zero-order valence-corrected chi connectivity index (χ0v) is 16.3. The number of fused-ring (bicyclic) bond motifs is 1. The summed E-state index contributed by atoms with van der Waals surface area (Å²) in [4.78, 5) is 16.8. The fourth-order valence-corrected chi connectivity index (χ4v) is 3.08. The van der Waals surface area contributed by atoms with Crippen LogP contribution < -0.4 is 10.1 Å². The van der Waals surface area contributed by atoms with Gasteiger partial charge in [-0.2, -0.15) is 4.98 Å². The number of hydrogen-bond donors (Lipinski definition) is 1. The van der Waals surface area contributed by atoms with Gasteiger partial charge >= 0.3 is 0 Å². The van der Waals surface area contributed by atoms with Crippen molar-refractivity contribution in [2.75, 3.05) is 0 Å². The summed E-state index contributed by atoms with van der Waals surface area (Å²) in [6.45, 7) is 3.85. The summed E-state index contributed by atoms with van der Waals surface area (Å²) in [6, 6.07) is 21.5. The molecule has 1 amide bonds. The van der Waals surface area contributed by atoms with Gasteiger partial charge in [-0.15, -0.1) is 0 Å². The van der Waals surface area contributed by atoms with Crippen LogP contribution >= 0.6 is 0 Å². The molecule has 6 nitrogen and oxygen atoms in total. The summed E-state index contributed by atoms with van der Waals surface area (Å²) in [5.74, 6) is 1.25. The molecule has 0 saturated carbocycles. The normalized spacial score (nSPS) is 11.9. The largest absolute Gasteiger partial charge is 0.480 e. The zero-order chi connectivity index (χ0) is 20.2. The molecule has 6 heteroatoms. The second-order valence-corrected chi connectivity index (χ2v) is 6.84. The molecule has 0 aliphatic carbocycles. The molecule has 0 aliphatic rings. The Kier molecular flexibility index (Phi) is 5.24. The first-order valence-electron chi connectivity index (χ1n) is 9.42. The first-order chi connectivity index (χ1) is 14.1. The molecule has 0 saturated heterocycles. The molecule has 1 atom stereocenters. The van der Waals surface area contributed by atoms with Crippen molar-refractivity contribution in [3.05, 3.63) is 78.2 Å². The van der Waals surface area contributed by atoms with Gasteiger partial charge in [0.2, 0.25) is 11.7 Å². The average molecular weight is 387 g/mol. The van der Waals surface area contributed by atoms with Gasteiger partial charge in [0.15, 0.2) is 6.10 Å². The van der Waals surface area contributed by atoms with Crippen LogP contribution in [0, 0.1) is 6.92 Å². The highest BCUT2D eigenvalue weighted by Gasteiger charge is 2.17. The molecule has 146 valence electrons. The van der Waals surface area contributed by atoms with Gasteiger partial charge in [-0.05, 0) is 31.4 Å². The van der Waals surface area contributed by atoms with Crippen LogP contribution in [0.25, 0.3) is 22.2 Å². The first-order valence-corrected chi connectivity index (χ1v) is 9.42. The van der Waals surface area contributed by atoms with Gasteiger partial charge < -0.3 is 14.6 Å². The van der Waals surface area contributed by atoms with Crippen LogP contribution in [0.2, 0.25) is 0 Å². The Labute approximate surface area is 168 Å². The van der Waals surface area contributed by atoms with Crippen molar-refractivity contribution in [1.82, 2.24) is 15.5 Å². The fraction of sp³-hybridized carbons (Fsp3) is 0.174. The van der Waals surface area contributed by atoms with Crippen LogP contribution in [-0.2, 0) is 11.3 Å². The Balaban J connectivity index is 1.38. The number of hydrogen-bond acceptors (Lipinski definition) is 5. The highest BCUT2D eigenvalue weighted by Crippen LogP contribution is 2.26. The molecule has 1 aromatic heterocycles. The van der Waals surface area contributed by atoms with Gasteiger partial charge in [0.1, 0.15) is 5.75 Å². The predicted octanol–water partition coefficient (Wildman–Crippen LogP) is 4.28. The lowest BCUT2D eigenvalue weighted by Crippen LogP contribution is -2.36. The number of nitrogens with one attached hydrogen (secondary N) is 1. The minimum atomic E-state index is -0.667. The van der Waals surface area contributed by atoms with E-state index in [-0.39, 0.29) is 12.5 Å². The van der Waals surface area contributed by atoms with E-state index < -0.39 is 6.10 Å². The highest BCUT2D eigenvalue weighted by molar-refractivity contribution is 5.89. The molecule has 0 spiro atoms. The third-order valence-corrected chi connectivity index (χ3v) is 4.58. The molecular formula is C23H21N3O3. The van der Waals surface area contributed by atoms with Gasteiger partial charge in [-0.1, -0.05) is 65.3 Å². The number of ether oxygens (including phenoxy) is 1. The lowest BCUT2D eigenvalue weighted by atomic mass is 10.1. The molecule has 1 heterocycles. The Morgan fingerprint density at radius 2 is 1.90 bits per heavy atom. The molecule has 3 aromatic carbocycles. The van der Waals surface area contributed by atoms with E-state index in [1.165, 1.54) is 0 Å². The second-order valence-electron chi connectivity index (χ2n) is 6.84. The Bertz CT molecular complexity index is 1150. The second kappa shape index (κ2) is 8.14. The SMILES string of the molecule is Cc1cccc(-c2noc(CNC(=O)[C@H](C)Oc3cccc4ccccc34)n2)c1. The summed E-state index contributed by atoms with van der Waals surface area (Å²) >= 11 is 0. The molecule has 0 fully saturated rings. The summed E-state index contributed by atoms with van der Waals surface area (Å²) in [5.41, 5.74) is 1.99. The van der Waals surface area contributed by atoms with E-state index in [9.17, 15) is 4.79 Å². The molecule has 0 unspecified atom stereocenters. The monoisotopic (exact) mass is 387 g/mol. The van der Waals surface area contributed by atoms with Crippen molar-refractivity contribution in [2.45, 2.75) is 26.5 Å². The van der Waals surface area contributed by atoms with Gasteiger partial charge in [0, 0.05) is 10.9 Å². The minimum Gasteiger partial charge on any atom is -0.480 e. The van der Waals surface area contributed by atoms with Crippen molar-refractivity contribution in [3.8, 4) is 17.1 Å². The third kappa shape index (κ3) is 4.27. The van der Waals surface area contributed by atoms with E-state index in [1.807, 2.05) is 73.7 Å². The summed E-state index contributed by atoms with van der Waals surface area (Å²) < 4.78 is 11.1. The lowest BCUT2D eigenvalue weighted by molar-refractivity contribution is -0.127. The maximum Gasteiger partial charge on any atom is 0.261 e. The lowest BCUT2D eigenvalue weighted by Gasteiger charge is -2.15. The maximum absolute atomic E-state index is 12.5. The van der Waals surface area contributed by atoms with Gasteiger partial charge in [0.25, 0.3) is 5.91 Å². The number of carbonyl (C=O) groups excluding carboxylic acids is 1. The van der Waals surface area contributed by atoms with E-state index in [0.29, 0.717) is 17.5 Å². The zero-order valence-electron chi connectivity index (χ0n) is 16.3. The van der Waals surface area contributed by atoms with E-state index in [4.69, 9.17) is 9.26 Å². The Morgan fingerprint density at radius 1 is 1.10 bits per heavy atom. The number of amides is 1. The maximum atomic E-state index is 12.5. The molecule has 1 N–H and O–H groups in total. The summed E-state index contributed by atoms with van der Waals surface area (Å²) in [7, 11) is 0. The molecule has 0 bridgehead atoms. The molecule has 29 heavy (non-hydrogen) atoms. The van der Waals surface area contributed by atoms with Crippen molar-refractivity contribution >= 4 is 16.7 Å². The Morgan fingerprint density at radius 3 is 2.76 bits per heavy atom. The van der Waals surface area contributed by atoms with Crippen molar-refractivity contribution in [2.24, 2.45) is 0 Å². The number of nitrogens with zero attached hydrogens (tertiary/aromatic N) is 2. The number of benzene rings is 3. The highest BCUT2D eigenvalue weighted by atomic mass is 16.5. The number of rotatable bonds is 6. The van der Waals surface area contributed by atoms with Gasteiger partial charge in [-0.25, -0.2) is 0 Å². The smallest absolute Gasteiger partial charge is 0.261 e. The quantitative estimate of drug-likeness (QED) is 0.534. The fourth-order valence-electron chi connectivity index (χ4n) is 3.08. The average Bonchev–Trinajstić information content (AvgIpc) is 3.21. The van der Waals surface area contributed by atoms with Crippen LogP contribution in [0.3, 0.4) is 0 Å². The molecule has 4 aromatic rings. The van der Waals surface area contributed by atoms with Crippen LogP contribution in [0.15, 0.2) is 71.3 Å². The van der Waals surface area contributed by atoms with E-state index in [2.05, 4.69) is 15.5 Å². The molecule has 4 rings (SSSR count). The van der Waals surface area contributed by atoms with E-state index in [0.717, 1.165) is 21.9 Å². The summed E-state index contributed by atoms with van der Waals surface area (Å²) in [6.07, 6.45) is -0.667. The van der Waals surface area contributed by atoms with Crippen molar-refractivity contribution in [3.63, 3.8) is 0 Å². The first kappa shape index (κ1) is 18.7. The van der Waals surface area contributed by atoms with E-state index in [1.54, 1.807) is 6.92 Å². The van der Waals surface area contributed by atoms with Crippen LogP contribution in [0.5, 0.6) is 5.75 Å². The van der Waals surface area contributed by atoms with Crippen LogP contribution in [0.1, 0.15) is 18.4 Å². The third-order valence-electron chi connectivity index (χ3n) is 4.58. The summed E-state index contributed by atoms with van der Waals surface area (Å²) in [5, 5.41) is 8.80. The van der Waals surface area contributed by atoms with Crippen LogP contribution in [0.4, 0.5) is 0 Å². The number of aryl methyl sites for hydroxylation is 1.